The van der Waals surface area contributed by atoms with Gasteiger partial charge in [-0.3, -0.25) is 4.57 Å². The third-order valence-electron chi connectivity index (χ3n) is 6.46. The number of carbonyl (C=O) groups is 1. The van der Waals surface area contributed by atoms with Gasteiger partial charge in [-0.15, -0.1) is 11.8 Å². The molecule has 2 aromatic carbocycles. The predicted molar refractivity (Wildman–Crippen MR) is 144 cm³/mol. The van der Waals surface area contributed by atoms with Gasteiger partial charge >= 0.3 is 11.8 Å². The molecule has 0 aliphatic carbocycles. The first-order chi connectivity index (χ1) is 17.4. The van der Waals surface area contributed by atoms with Gasteiger partial charge in [-0.25, -0.2) is 18.4 Å². The lowest BCUT2D eigenvalue weighted by Gasteiger charge is -2.41. The molecule has 196 valence electrons. The Kier molecular flexibility index (Phi) is 6.72. The number of anilines is 1. The molecule has 1 aromatic heterocycles. The number of aromatic nitrogens is 2. The number of thioether (sulfide) groups is 1. The van der Waals surface area contributed by atoms with E-state index in [-0.39, 0.29) is 23.4 Å². The van der Waals surface area contributed by atoms with E-state index in [9.17, 15) is 18.4 Å². The molecular weight excluding hydrogens is 566 g/mol. The third-order valence-corrected chi connectivity index (χ3v) is 8.16. The number of hydrogen-bond acceptors (Lipinski definition) is 6. The largest absolute Gasteiger partial charge is 0.444 e. The van der Waals surface area contributed by atoms with Gasteiger partial charge in [0.15, 0.2) is 0 Å². The van der Waals surface area contributed by atoms with Crippen molar-refractivity contribution in [3.05, 3.63) is 50.9 Å². The van der Waals surface area contributed by atoms with Crippen molar-refractivity contribution in [1.29, 1.82) is 0 Å². The normalized spacial score (nSPS) is 17.9. The average molecular weight is 593 g/mol. The number of benzene rings is 2. The number of carbonyl (C=O) groups excluding carboxylic acids is 1. The van der Waals surface area contributed by atoms with E-state index < -0.39 is 17.2 Å². The topological polar surface area (TPSA) is 67.7 Å². The minimum absolute atomic E-state index is 0.126. The Labute approximate surface area is 225 Å². The van der Waals surface area contributed by atoms with E-state index >= 15 is 0 Å². The van der Waals surface area contributed by atoms with Crippen molar-refractivity contribution in [2.45, 2.75) is 50.8 Å². The molecule has 0 N–H and O–H groups in total. The van der Waals surface area contributed by atoms with Crippen LogP contribution in [0.1, 0.15) is 27.7 Å². The molecule has 0 saturated carbocycles. The Morgan fingerprint density at radius 2 is 1.95 bits per heavy atom. The summed E-state index contributed by atoms with van der Waals surface area (Å²) in [5.41, 5.74) is 0.572. The highest BCUT2D eigenvalue weighted by Gasteiger charge is 2.33. The van der Waals surface area contributed by atoms with Crippen molar-refractivity contribution < 1.29 is 18.3 Å². The van der Waals surface area contributed by atoms with Crippen molar-refractivity contribution in [3.63, 3.8) is 0 Å². The maximum absolute atomic E-state index is 14.9. The van der Waals surface area contributed by atoms with Crippen LogP contribution < -0.4 is 10.6 Å². The molecule has 5 rings (SSSR count). The number of ether oxygens (including phenoxy) is 1. The van der Waals surface area contributed by atoms with Gasteiger partial charge in [-0.1, -0.05) is 15.9 Å². The summed E-state index contributed by atoms with van der Waals surface area (Å²) in [6.45, 7) is 9.28. The summed E-state index contributed by atoms with van der Waals surface area (Å²) >= 11 is 5.16. The Morgan fingerprint density at radius 3 is 2.62 bits per heavy atom. The van der Waals surface area contributed by atoms with Crippen molar-refractivity contribution in [2.75, 3.05) is 30.3 Å². The molecule has 1 fully saturated rings. The lowest BCUT2D eigenvalue weighted by Crippen LogP contribution is -2.55. The van der Waals surface area contributed by atoms with Crippen LogP contribution in [0, 0.1) is 11.6 Å². The molecule has 1 saturated heterocycles. The fraction of sp³-hybridized carbons (Fsp3) is 0.423. The summed E-state index contributed by atoms with van der Waals surface area (Å²) in [6.07, 6.45) is -0.367. The van der Waals surface area contributed by atoms with Crippen molar-refractivity contribution in [2.24, 2.45) is 0 Å². The Morgan fingerprint density at radius 1 is 1.19 bits per heavy atom. The van der Waals surface area contributed by atoms with E-state index in [0.29, 0.717) is 53.3 Å². The van der Waals surface area contributed by atoms with Crippen LogP contribution in [0.5, 0.6) is 0 Å². The molecule has 2 aliphatic heterocycles. The molecule has 0 spiro atoms. The summed E-state index contributed by atoms with van der Waals surface area (Å²) in [5, 5.41) is 0.762. The SMILES string of the molecule is C[C@H]1CN(C(=O)OC(C)(C)C)CCN1c1nc(=O)n2c3c(c(-c4ccc(F)cc4F)c(Br)cc13)SCC2. The van der Waals surface area contributed by atoms with Gasteiger partial charge in [-0.05, 0) is 45.9 Å². The second kappa shape index (κ2) is 9.58. The highest BCUT2D eigenvalue weighted by Crippen LogP contribution is 2.46. The average Bonchev–Trinajstić information content (AvgIpc) is 2.81. The Bertz CT molecular complexity index is 1470. The van der Waals surface area contributed by atoms with Crippen LogP contribution in [0.4, 0.5) is 19.4 Å². The van der Waals surface area contributed by atoms with Crippen molar-refractivity contribution in [3.8, 4) is 11.1 Å². The van der Waals surface area contributed by atoms with Crippen LogP contribution in [0.3, 0.4) is 0 Å². The van der Waals surface area contributed by atoms with E-state index in [1.165, 1.54) is 23.9 Å². The monoisotopic (exact) mass is 592 g/mol. The highest BCUT2D eigenvalue weighted by atomic mass is 79.9. The number of aryl methyl sites for hydroxylation is 1. The first-order valence-corrected chi connectivity index (χ1v) is 13.8. The maximum Gasteiger partial charge on any atom is 0.410 e. The summed E-state index contributed by atoms with van der Waals surface area (Å²) in [7, 11) is 0. The predicted octanol–water partition coefficient (Wildman–Crippen LogP) is 5.66. The van der Waals surface area contributed by atoms with E-state index in [0.717, 1.165) is 16.3 Å². The molecule has 3 heterocycles. The number of halogens is 3. The lowest BCUT2D eigenvalue weighted by molar-refractivity contribution is 0.0218. The van der Waals surface area contributed by atoms with Crippen LogP contribution in [-0.4, -0.2) is 57.6 Å². The molecule has 3 aromatic rings. The summed E-state index contributed by atoms with van der Waals surface area (Å²) in [6, 6.07) is 5.24. The quantitative estimate of drug-likeness (QED) is 0.383. The fourth-order valence-corrected chi connectivity index (χ4v) is 6.85. The molecular formula is C26H27BrF2N4O3S. The minimum atomic E-state index is -0.669. The van der Waals surface area contributed by atoms with E-state index in [4.69, 9.17) is 4.74 Å². The van der Waals surface area contributed by atoms with E-state index in [1.807, 2.05) is 38.7 Å². The lowest BCUT2D eigenvalue weighted by atomic mass is 10.0. The van der Waals surface area contributed by atoms with Crippen molar-refractivity contribution >= 4 is 50.5 Å². The van der Waals surface area contributed by atoms with Crippen LogP contribution >= 0.6 is 27.7 Å². The smallest absolute Gasteiger partial charge is 0.410 e. The van der Waals surface area contributed by atoms with Gasteiger partial charge in [-0.2, -0.15) is 4.98 Å². The second-order valence-corrected chi connectivity index (χ2v) is 12.2. The minimum Gasteiger partial charge on any atom is -0.444 e. The number of amides is 1. The number of hydrogen-bond donors (Lipinski definition) is 0. The van der Waals surface area contributed by atoms with Gasteiger partial charge in [0.1, 0.15) is 23.1 Å². The molecule has 1 amide bonds. The zero-order valence-corrected chi connectivity index (χ0v) is 23.4. The number of piperazine rings is 1. The molecule has 11 heteroatoms. The zero-order valence-electron chi connectivity index (χ0n) is 21.0. The molecule has 37 heavy (non-hydrogen) atoms. The number of rotatable bonds is 2. The van der Waals surface area contributed by atoms with Crippen LogP contribution in [-0.2, 0) is 11.3 Å². The third kappa shape index (κ3) is 4.83. The summed E-state index contributed by atoms with van der Waals surface area (Å²) in [4.78, 5) is 34.7. The molecule has 2 aliphatic rings. The van der Waals surface area contributed by atoms with E-state index in [1.54, 1.807) is 9.47 Å². The van der Waals surface area contributed by atoms with Gasteiger partial charge in [0, 0.05) is 69.9 Å². The van der Waals surface area contributed by atoms with Gasteiger partial charge in [0.2, 0.25) is 0 Å². The van der Waals surface area contributed by atoms with Crippen LogP contribution in [0.2, 0.25) is 0 Å². The summed E-state index contributed by atoms with van der Waals surface area (Å²) in [5.74, 6) is -0.164. The Hall–Kier alpha value is -2.66. The summed E-state index contributed by atoms with van der Waals surface area (Å²) < 4.78 is 36.3. The highest BCUT2D eigenvalue weighted by molar-refractivity contribution is 9.10. The van der Waals surface area contributed by atoms with Crippen LogP contribution in [0.25, 0.3) is 22.0 Å². The maximum atomic E-state index is 14.9. The Balaban J connectivity index is 1.60. The van der Waals surface area contributed by atoms with Gasteiger partial charge in [0.25, 0.3) is 0 Å². The molecule has 0 bridgehead atoms. The van der Waals surface area contributed by atoms with E-state index in [2.05, 4.69) is 20.9 Å². The number of nitrogens with zero attached hydrogens (tertiary/aromatic N) is 4. The molecule has 1 atom stereocenters. The van der Waals surface area contributed by atoms with Crippen LogP contribution in [0.15, 0.2) is 38.4 Å². The van der Waals surface area contributed by atoms with Crippen molar-refractivity contribution in [1.82, 2.24) is 14.5 Å². The second-order valence-electron chi connectivity index (χ2n) is 10.3. The fourth-order valence-electron chi connectivity index (χ4n) is 4.88. The van der Waals surface area contributed by atoms with Gasteiger partial charge in [0.05, 0.1) is 5.52 Å². The first kappa shape index (κ1) is 26.0. The molecule has 7 nitrogen and oxygen atoms in total. The molecule has 0 unspecified atom stereocenters. The standard InChI is InChI=1S/C26H27BrF2N4O3S/c1-14-13-31(25(35)36-26(2,3)4)7-8-32(14)23-17-12-18(27)20(16-6-5-15(28)11-19(16)29)22-21(17)33(9-10-37-22)24(34)30-23/h5-6,11-12,14H,7-10,13H2,1-4H3/t14-/m0/s1. The zero-order chi connectivity index (χ0) is 26.6. The molecule has 0 radical (unpaired) electrons. The van der Waals surface area contributed by atoms with Gasteiger partial charge < -0.3 is 14.5 Å². The first-order valence-electron chi connectivity index (χ1n) is 12.0.